The first-order valence-electron chi connectivity index (χ1n) is 9.80. The fraction of sp³-hybridized carbons (Fsp3) is 0.571. The molecule has 2 aliphatic heterocycles. The van der Waals surface area contributed by atoms with Crippen LogP contribution in [0.3, 0.4) is 0 Å². The van der Waals surface area contributed by atoms with Crippen molar-refractivity contribution in [1.29, 1.82) is 0 Å². The van der Waals surface area contributed by atoms with Gasteiger partial charge in [0.25, 0.3) is 0 Å². The number of likely N-dealkylation sites (tertiary alicyclic amines) is 1. The van der Waals surface area contributed by atoms with E-state index in [9.17, 15) is 0 Å². The molecule has 4 heteroatoms. The number of rotatable bonds is 5. The Balaban J connectivity index is 1.60. The van der Waals surface area contributed by atoms with E-state index in [1.165, 1.54) is 37.2 Å². The summed E-state index contributed by atoms with van der Waals surface area (Å²) in [5, 5.41) is 3.49. The SMILES string of the molecule is CCNC(=NCC1CCN(CC)C1)N1CC=C(c2ccccc2)CC1. The fourth-order valence-corrected chi connectivity index (χ4v) is 3.77. The van der Waals surface area contributed by atoms with Crippen LogP contribution in [0.25, 0.3) is 5.57 Å². The molecule has 1 aromatic rings. The summed E-state index contributed by atoms with van der Waals surface area (Å²) in [6.07, 6.45) is 4.73. The smallest absolute Gasteiger partial charge is 0.194 e. The van der Waals surface area contributed by atoms with Crippen LogP contribution in [0.2, 0.25) is 0 Å². The molecule has 1 aromatic carbocycles. The fourth-order valence-electron chi connectivity index (χ4n) is 3.77. The van der Waals surface area contributed by atoms with E-state index in [-0.39, 0.29) is 0 Å². The Morgan fingerprint density at radius 3 is 2.68 bits per heavy atom. The Labute approximate surface area is 152 Å². The van der Waals surface area contributed by atoms with Crippen LogP contribution < -0.4 is 5.32 Å². The van der Waals surface area contributed by atoms with Crippen LogP contribution in [0.4, 0.5) is 0 Å². The van der Waals surface area contributed by atoms with Crippen molar-refractivity contribution in [1.82, 2.24) is 15.1 Å². The summed E-state index contributed by atoms with van der Waals surface area (Å²) in [6, 6.07) is 10.7. The van der Waals surface area contributed by atoms with Gasteiger partial charge < -0.3 is 15.1 Å². The number of nitrogens with one attached hydrogen (secondary N) is 1. The highest BCUT2D eigenvalue weighted by Crippen LogP contribution is 2.22. The van der Waals surface area contributed by atoms with Crippen molar-refractivity contribution in [2.75, 3.05) is 45.8 Å². The average molecular weight is 341 g/mol. The molecular formula is C21H32N4. The van der Waals surface area contributed by atoms with Crippen LogP contribution >= 0.6 is 0 Å². The van der Waals surface area contributed by atoms with Gasteiger partial charge >= 0.3 is 0 Å². The Hall–Kier alpha value is -1.81. The van der Waals surface area contributed by atoms with Gasteiger partial charge in [-0.15, -0.1) is 0 Å². The third-order valence-electron chi connectivity index (χ3n) is 5.30. The molecule has 0 amide bonds. The first kappa shape index (κ1) is 18.0. The molecule has 1 fully saturated rings. The predicted octanol–water partition coefficient (Wildman–Crippen LogP) is 3.08. The third-order valence-corrected chi connectivity index (χ3v) is 5.30. The maximum atomic E-state index is 4.96. The summed E-state index contributed by atoms with van der Waals surface area (Å²) in [5.41, 5.74) is 2.82. The Kier molecular flexibility index (Phi) is 6.51. The summed E-state index contributed by atoms with van der Waals surface area (Å²) >= 11 is 0. The predicted molar refractivity (Wildman–Crippen MR) is 107 cm³/mol. The number of hydrogen-bond donors (Lipinski definition) is 1. The first-order valence-corrected chi connectivity index (χ1v) is 9.80. The van der Waals surface area contributed by atoms with Gasteiger partial charge in [0.15, 0.2) is 5.96 Å². The summed E-state index contributed by atoms with van der Waals surface area (Å²) in [7, 11) is 0. The number of hydrogen-bond acceptors (Lipinski definition) is 2. The van der Waals surface area contributed by atoms with E-state index in [0.717, 1.165) is 38.6 Å². The van der Waals surface area contributed by atoms with Crippen LogP contribution in [-0.2, 0) is 0 Å². The lowest BCUT2D eigenvalue weighted by atomic mass is 10.00. The van der Waals surface area contributed by atoms with Crippen molar-refractivity contribution in [3.63, 3.8) is 0 Å². The summed E-state index contributed by atoms with van der Waals surface area (Å²) in [4.78, 5) is 9.88. The zero-order valence-corrected chi connectivity index (χ0v) is 15.7. The molecule has 0 saturated carbocycles. The van der Waals surface area contributed by atoms with Crippen molar-refractivity contribution >= 4 is 11.5 Å². The van der Waals surface area contributed by atoms with Crippen molar-refractivity contribution in [3.8, 4) is 0 Å². The Morgan fingerprint density at radius 1 is 1.20 bits per heavy atom. The number of nitrogens with zero attached hydrogens (tertiary/aromatic N) is 3. The minimum atomic E-state index is 0.716. The number of guanidine groups is 1. The van der Waals surface area contributed by atoms with Crippen molar-refractivity contribution in [3.05, 3.63) is 42.0 Å². The van der Waals surface area contributed by atoms with Gasteiger partial charge in [-0.1, -0.05) is 43.3 Å². The van der Waals surface area contributed by atoms with Gasteiger partial charge in [0, 0.05) is 32.7 Å². The minimum absolute atomic E-state index is 0.716. The molecule has 25 heavy (non-hydrogen) atoms. The largest absolute Gasteiger partial charge is 0.357 e. The molecule has 0 aromatic heterocycles. The highest BCUT2D eigenvalue weighted by molar-refractivity contribution is 5.81. The van der Waals surface area contributed by atoms with Crippen LogP contribution in [0.1, 0.15) is 32.3 Å². The van der Waals surface area contributed by atoms with Gasteiger partial charge in [0.1, 0.15) is 0 Å². The first-order chi connectivity index (χ1) is 12.3. The van der Waals surface area contributed by atoms with E-state index in [0.29, 0.717) is 5.92 Å². The van der Waals surface area contributed by atoms with Gasteiger partial charge in [0.05, 0.1) is 0 Å². The van der Waals surface area contributed by atoms with Crippen molar-refractivity contribution < 1.29 is 0 Å². The van der Waals surface area contributed by atoms with Crippen LogP contribution in [0.5, 0.6) is 0 Å². The highest BCUT2D eigenvalue weighted by Gasteiger charge is 2.22. The standard InChI is InChI=1S/C21H32N4/c1-3-22-21(23-16-18-10-13-24(4-2)17-18)25-14-11-20(12-15-25)19-8-6-5-7-9-19/h5-9,11,18H,3-4,10,12-17H2,1-2H3,(H,22,23). The molecule has 1 atom stereocenters. The van der Waals surface area contributed by atoms with E-state index in [2.05, 4.69) is 65.4 Å². The van der Waals surface area contributed by atoms with Crippen LogP contribution in [0.15, 0.2) is 41.4 Å². The van der Waals surface area contributed by atoms with Gasteiger partial charge in [-0.05, 0) is 49.9 Å². The third kappa shape index (κ3) is 4.85. The molecule has 0 radical (unpaired) electrons. The molecule has 1 N–H and O–H groups in total. The van der Waals surface area contributed by atoms with Gasteiger partial charge in [-0.25, -0.2) is 0 Å². The van der Waals surface area contributed by atoms with Gasteiger partial charge in [-0.2, -0.15) is 0 Å². The Morgan fingerprint density at radius 2 is 2.04 bits per heavy atom. The second kappa shape index (κ2) is 9.04. The maximum absolute atomic E-state index is 4.96. The van der Waals surface area contributed by atoms with E-state index in [1.54, 1.807) is 0 Å². The lowest BCUT2D eigenvalue weighted by Crippen LogP contribution is -2.43. The molecule has 136 valence electrons. The van der Waals surface area contributed by atoms with E-state index in [4.69, 9.17) is 4.99 Å². The number of aliphatic imine (C=N–C) groups is 1. The number of benzene rings is 1. The summed E-state index contributed by atoms with van der Waals surface area (Å²) in [6.45, 7) is 11.9. The monoisotopic (exact) mass is 340 g/mol. The lowest BCUT2D eigenvalue weighted by Gasteiger charge is -2.30. The summed E-state index contributed by atoms with van der Waals surface area (Å²) in [5.74, 6) is 1.80. The van der Waals surface area contributed by atoms with Crippen LogP contribution in [-0.4, -0.2) is 61.6 Å². The molecule has 0 aliphatic carbocycles. The molecule has 2 aliphatic rings. The molecule has 3 rings (SSSR count). The van der Waals surface area contributed by atoms with Gasteiger partial charge in [-0.3, -0.25) is 4.99 Å². The molecule has 4 nitrogen and oxygen atoms in total. The lowest BCUT2D eigenvalue weighted by molar-refractivity contribution is 0.343. The molecule has 2 heterocycles. The topological polar surface area (TPSA) is 30.9 Å². The van der Waals surface area contributed by atoms with Crippen LogP contribution in [0, 0.1) is 5.92 Å². The molecule has 1 saturated heterocycles. The van der Waals surface area contributed by atoms with E-state index >= 15 is 0 Å². The van der Waals surface area contributed by atoms with E-state index in [1.807, 2.05) is 0 Å². The summed E-state index contributed by atoms with van der Waals surface area (Å²) < 4.78 is 0. The molecular weight excluding hydrogens is 308 g/mol. The zero-order chi connectivity index (χ0) is 17.5. The molecule has 0 spiro atoms. The second-order valence-electron chi connectivity index (χ2n) is 7.03. The van der Waals surface area contributed by atoms with Crippen molar-refractivity contribution in [2.24, 2.45) is 10.9 Å². The quantitative estimate of drug-likeness (QED) is 0.660. The van der Waals surface area contributed by atoms with E-state index < -0.39 is 0 Å². The van der Waals surface area contributed by atoms with Gasteiger partial charge in [0.2, 0.25) is 0 Å². The zero-order valence-electron chi connectivity index (χ0n) is 15.7. The molecule has 0 bridgehead atoms. The van der Waals surface area contributed by atoms with Crippen molar-refractivity contribution in [2.45, 2.75) is 26.7 Å². The maximum Gasteiger partial charge on any atom is 0.194 e. The minimum Gasteiger partial charge on any atom is -0.357 e. The second-order valence-corrected chi connectivity index (χ2v) is 7.03. The molecule has 1 unspecified atom stereocenters. The normalized spacial score (nSPS) is 22.2. The Bertz CT molecular complexity index is 593. The average Bonchev–Trinajstić information content (AvgIpc) is 3.14. The highest BCUT2D eigenvalue weighted by atomic mass is 15.3.